The summed E-state index contributed by atoms with van der Waals surface area (Å²) >= 11 is 3.24. The van der Waals surface area contributed by atoms with Gasteiger partial charge in [0.2, 0.25) is 0 Å². The molecule has 0 spiro atoms. The Morgan fingerprint density at radius 3 is 2.71 bits per heavy atom. The van der Waals surface area contributed by atoms with Crippen LogP contribution in [-0.4, -0.2) is 18.2 Å². The number of carbonyl (C=O) groups is 1. The van der Waals surface area contributed by atoms with Crippen LogP contribution in [0.4, 0.5) is 4.39 Å². The van der Waals surface area contributed by atoms with Gasteiger partial charge in [0.15, 0.2) is 11.6 Å². The van der Waals surface area contributed by atoms with Gasteiger partial charge in [-0.15, -0.1) is 0 Å². The lowest BCUT2D eigenvalue weighted by molar-refractivity contribution is -0.141. The van der Waals surface area contributed by atoms with Crippen molar-refractivity contribution in [3.8, 4) is 5.75 Å². The molecule has 5 heteroatoms. The molecule has 0 fully saturated rings. The third-order valence-corrected chi connectivity index (χ3v) is 3.52. The van der Waals surface area contributed by atoms with Gasteiger partial charge < -0.3 is 9.84 Å². The molecule has 1 N–H and O–H groups in total. The van der Waals surface area contributed by atoms with E-state index in [0.29, 0.717) is 10.0 Å². The lowest BCUT2D eigenvalue weighted by Crippen LogP contribution is -2.14. The van der Waals surface area contributed by atoms with Crippen molar-refractivity contribution in [3.63, 3.8) is 0 Å². The molecule has 17 heavy (non-hydrogen) atoms. The summed E-state index contributed by atoms with van der Waals surface area (Å²) < 4.78 is 19.3. The fraction of sp³-hybridized carbons (Fsp3) is 0.417. The van der Waals surface area contributed by atoms with Crippen LogP contribution >= 0.6 is 15.9 Å². The van der Waals surface area contributed by atoms with Gasteiger partial charge in [0, 0.05) is 10.0 Å². The van der Waals surface area contributed by atoms with Gasteiger partial charge in [-0.2, -0.15) is 0 Å². The third kappa shape index (κ3) is 2.97. The van der Waals surface area contributed by atoms with Gasteiger partial charge in [0.1, 0.15) is 0 Å². The molecule has 0 aromatic heterocycles. The van der Waals surface area contributed by atoms with Crippen LogP contribution in [0.15, 0.2) is 10.5 Å². The monoisotopic (exact) mass is 304 g/mol. The largest absolute Gasteiger partial charge is 0.493 e. The summed E-state index contributed by atoms with van der Waals surface area (Å²) in [7, 11) is 1.38. The topological polar surface area (TPSA) is 46.5 Å². The first-order chi connectivity index (χ1) is 7.88. The molecule has 0 radical (unpaired) electrons. The molecule has 0 aliphatic carbocycles. The zero-order valence-electron chi connectivity index (χ0n) is 9.88. The lowest BCUT2D eigenvalue weighted by atomic mass is 9.96. The highest BCUT2D eigenvalue weighted by Crippen LogP contribution is 2.33. The van der Waals surface area contributed by atoms with Crippen molar-refractivity contribution in [1.29, 1.82) is 0 Å². The number of methoxy groups -OCH3 is 1. The van der Waals surface area contributed by atoms with Crippen LogP contribution in [0.25, 0.3) is 0 Å². The molecule has 0 amide bonds. The van der Waals surface area contributed by atoms with Crippen LogP contribution in [0.2, 0.25) is 0 Å². The van der Waals surface area contributed by atoms with E-state index >= 15 is 0 Å². The van der Waals surface area contributed by atoms with E-state index in [-0.39, 0.29) is 12.2 Å². The molecular weight excluding hydrogens is 291 g/mol. The minimum absolute atomic E-state index is 0.124. The van der Waals surface area contributed by atoms with E-state index in [1.807, 2.05) is 0 Å². The van der Waals surface area contributed by atoms with Gasteiger partial charge in [0.05, 0.1) is 13.0 Å². The van der Waals surface area contributed by atoms with Crippen molar-refractivity contribution in [2.45, 2.75) is 20.3 Å². The fourth-order valence-electron chi connectivity index (χ4n) is 1.60. The highest BCUT2D eigenvalue weighted by molar-refractivity contribution is 9.10. The molecular formula is C12H14BrFO3. The quantitative estimate of drug-likeness (QED) is 0.929. The predicted molar refractivity (Wildman–Crippen MR) is 65.9 cm³/mol. The summed E-state index contributed by atoms with van der Waals surface area (Å²) in [6.45, 7) is 3.38. The first-order valence-corrected chi connectivity index (χ1v) is 5.92. The highest BCUT2D eigenvalue weighted by Gasteiger charge is 2.20. The maximum atomic E-state index is 13.6. The Kier molecular flexibility index (Phi) is 4.51. The zero-order chi connectivity index (χ0) is 13.2. The maximum Gasteiger partial charge on any atom is 0.306 e. The van der Waals surface area contributed by atoms with E-state index in [4.69, 9.17) is 9.84 Å². The molecule has 1 aromatic rings. The fourth-order valence-corrected chi connectivity index (χ4v) is 2.04. The first-order valence-electron chi connectivity index (χ1n) is 5.12. The van der Waals surface area contributed by atoms with E-state index in [1.54, 1.807) is 13.8 Å². The summed E-state index contributed by atoms with van der Waals surface area (Å²) in [4.78, 5) is 10.8. The van der Waals surface area contributed by atoms with Gasteiger partial charge in [-0.25, -0.2) is 4.39 Å². The molecule has 3 nitrogen and oxygen atoms in total. The van der Waals surface area contributed by atoms with E-state index in [0.717, 1.165) is 5.56 Å². The van der Waals surface area contributed by atoms with Crippen molar-refractivity contribution in [3.05, 3.63) is 27.5 Å². The number of carboxylic acids is 1. The number of hydrogen-bond acceptors (Lipinski definition) is 2. The number of halogens is 2. The first kappa shape index (κ1) is 14.0. The van der Waals surface area contributed by atoms with Crippen LogP contribution in [-0.2, 0) is 11.2 Å². The third-order valence-electron chi connectivity index (χ3n) is 2.69. The molecule has 94 valence electrons. The summed E-state index contributed by atoms with van der Waals surface area (Å²) in [6, 6.07) is 1.32. The Morgan fingerprint density at radius 1 is 1.65 bits per heavy atom. The molecule has 0 saturated carbocycles. The average molecular weight is 305 g/mol. The highest BCUT2D eigenvalue weighted by atomic mass is 79.9. The molecule has 1 rings (SSSR count). The van der Waals surface area contributed by atoms with Crippen molar-refractivity contribution < 1.29 is 19.0 Å². The van der Waals surface area contributed by atoms with Crippen molar-refractivity contribution in [2.24, 2.45) is 5.92 Å². The Morgan fingerprint density at radius 2 is 2.24 bits per heavy atom. The number of aliphatic carboxylic acids is 1. The van der Waals surface area contributed by atoms with Crippen molar-refractivity contribution >= 4 is 21.9 Å². The number of ether oxygens (including phenoxy) is 1. The van der Waals surface area contributed by atoms with Crippen molar-refractivity contribution in [2.75, 3.05) is 7.11 Å². The number of hydrogen-bond donors (Lipinski definition) is 1. The number of rotatable bonds is 4. The summed E-state index contributed by atoms with van der Waals surface area (Å²) in [5, 5.41) is 8.89. The van der Waals surface area contributed by atoms with Crippen LogP contribution < -0.4 is 4.74 Å². The minimum Gasteiger partial charge on any atom is -0.493 e. The second-order valence-corrected chi connectivity index (χ2v) is 4.77. The molecule has 0 heterocycles. The van der Waals surface area contributed by atoms with Gasteiger partial charge in [-0.05, 0) is 25.0 Å². The summed E-state index contributed by atoms with van der Waals surface area (Å²) in [5.74, 6) is -1.86. The molecule has 0 bridgehead atoms. The van der Waals surface area contributed by atoms with Crippen LogP contribution in [0.1, 0.15) is 18.1 Å². The van der Waals surface area contributed by atoms with Crippen LogP contribution in [0.5, 0.6) is 5.75 Å². The van der Waals surface area contributed by atoms with E-state index in [9.17, 15) is 9.18 Å². The van der Waals surface area contributed by atoms with Crippen molar-refractivity contribution in [1.82, 2.24) is 0 Å². The molecule has 1 atom stereocenters. The maximum absolute atomic E-state index is 13.6. The van der Waals surface area contributed by atoms with E-state index in [2.05, 4.69) is 15.9 Å². The molecule has 0 aliphatic rings. The lowest BCUT2D eigenvalue weighted by Gasteiger charge is -2.15. The van der Waals surface area contributed by atoms with Crippen LogP contribution in [0, 0.1) is 18.7 Å². The Balaban J connectivity index is 3.25. The van der Waals surface area contributed by atoms with Crippen LogP contribution in [0.3, 0.4) is 0 Å². The SMILES string of the molecule is COc1c(F)cc(Br)c(C)c1CC(C)C(=O)O. The molecule has 1 unspecified atom stereocenters. The standard InChI is InChI=1S/C12H14BrFO3/c1-6(12(15)16)4-8-7(2)9(13)5-10(14)11(8)17-3/h5-6H,4H2,1-3H3,(H,15,16). The normalized spacial score (nSPS) is 12.3. The summed E-state index contributed by atoms with van der Waals surface area (Å²) in [6.07, 6.45) is 0.237. The second kappa shape index (κ2) is 5.49. The Labute approximate surface area is 108 Å². The second-order valence-electron chi connectivity index (χ2n) is 3.92. The molecule has 1 aromatic carbocycles. The summed E-state index contributed by atoms with van der Waals surface area (Å²) in [5.41, 5.74) is 1.39. The number of carboxylic acid groups (broad SMARTS) is 1. The minimum atomic E-state index is -0.910. The van der Waals surface area contributed by atoms with Gasteiger partial charge in [-0.1, -0.05) is 22.9 Å². The van der Waals surface area contributed by atoms with Gasteiger partial charge in [-0.3, -0.25) is 4.79 Å². The Bertz CT molecular complexity index is 446. The average Bonchev–Trinajstić information content (AvgIpc) is 2.25. The molecule has 0 aliphatic heterocycles. The number of benzene rings is 1. The zero-order valence-corrected chi connectivity index (χ0v) is 11.5. The van der Waals surface area contributed by atoms with E-state index < -0.39 is 17.7 Å². The van der Waals surface area contributed by atoms with E-state index in [1.165, 1.54) is 13.2 Å². The van der Waals surface area contributed by atoms with Gasteiger partial charge in [0.25, 0.3) is 0 Å². The smallest absolute Gasteiger partial charge is 0.306 e. The van der Waals surface area contributed by atoms with Gasteiger partial charge >= 0.3 is 5.97 Å². The Hall–Kier alpha value is -1.10. The molecule has 0 saturated heterocycles. The predicted octanol–water partition coefficient (Wildman–Crippen LogP) is 3.17.